The first kappa shape index (κ1) is 17.5. The summed E-state index contributed by atoms with van der Waals surface area (Å²) in [6.45, 7) is 1.46. The van der Waals surface area contributed by atoms with Crippen LogP contribution in [0.1, 0.15) is 36.4 Å². The number of nitrogens with one attached hydrogen (secondary N) is 1. The zero-order chi connectivity index (χ0) is 18.6. The third kappa shape index (κ3) is 3.66. The van der Waals surface area contributed by atoms with Crippen LogP contribution in [-0.4, -0.2) is 35.1 Å². The van der Waals surface area contributed by atoms with Crippen molar-refractivity contribution in [2.45, 2.75) is 31.8 Å². The van der Waals surface area contributed by atoms with Crippen LogP contribution in [0.3, 0.4) is 0 Å². The van der Waals surface area contributed by atoms with Gasteiger partial charge in [-0.2, -0.15) is 0 Å². The molecule has 2 aromatic carbocycles. The highest BCUT2D eigenvalue weighted by Gasteiger charge is 2.39. The number of hydrogen-bond donors (Lipinski definition) is 2. The molecule has 2 aromatic rings. The molecule has 0 saturated carbocycles. The van der Waals surface area contributed by atoms with Crippen LogP contribution < -0.4 is 10.1 Å². The molecular formula is C21H23N3O3. The van der Waals surface area contributed by atoms with Crippen LogP contribution >= 0.6 is 0 Å². The molecule has 2 N–H and O–H groups in total. The van der Waals surface area contributed by atoms with Crippen molar-refractivity contribution in [1.82, 2.24) is 10.2 Å². The van der Waals surface area contributed by atoms with Gasteiger partial charge in [-0.05, 0) is 43.0 Å². The van der Waals surface area contributed by atoms with Crippen LogP contribution in [0.25, 0.3) is 0 Å². The Morgan fingerprint density at radius 2 is 2.00 bits per heavy atom. The van der Waals surface area contributed by atoms with Crippen molar-refractivity contribution in [2.75, 3.05) is 13.2 Å². The normalized spacial score (nSPS) is 17.8. The molecule has 1 fully saturated rings. The average molecular weight is 365 g/mol. The zero-order valence-electron chi connectivity index (χ0n) is 15.1. The summed E-state index contributed by atoms with van der Waals surface area (Å²) in [6.07, 6.45) is 2.68. The van der Waals surface area contributed by atoms with Crippen molar-refractivity contribution >= 4 is 17.6 Å². The van der Waals surface area contributed by atoms with E-state index in [0.717, 1.165) is 41.8 Å². The monoisotopic (exact) mass is 365 g/mol. The van der Waals surface area contributed by atoms with Crippen LogP contribution in [0.2, 0.25) is 0 Å². The predicted octanol–water partition coefficient (Wildman–Crippen LogP) is 2.90. The number of guanidine groups is 1. The number of aliphatic hydroxyl groups is 1. The van der Waals surface area contributed by atoms with Crippen molar-refractivity contribution in [3.8, 4) is 5.75 Å². The second kappa shape index (κ2) is 7.80. The number of aliphatic hydroxyl groups excluding tert-OH is 1. The molecule has 2 aliphatic rings. The Balaban J connectivity index is 1.50. The van der Waals surface area contributed by atoms with Crippen LogP contribution in [0.4, 0.5) is 5.69 Å². The summed E-state index contributed by atoms with van der Waals surface area (Å²) in [5, 5.41) is 11.7. The average Bonchev–Trinajstić information content (AvgIpc) is 3.01. The number of nitrogens with zero attached hydrogens (tertiary/aromatic N) is 2. The highest BCUT2D eigenvalue weighted by molar-refractivity contribution is 6.08. The maximum atomic E-state index is 12.5. The van der Waals surface area contributed by atoms with E-state index < -0.39 is 0 Å². The Hall–Kier alpha value is -2.86. The fraction of sp³-hybridized carbons (Fsp3) is 0.333. The molecule has 0 bridgehead atoms. The lowest BCUT2D eigenvalue weighted by molar-refractivity contribution is -0.121. The Bertz CT molecular complexity index is 851. The van der Waals surface area contributed by atoms with Crippen molar-refractivity contribution in [3.05, 3.63) is 59.7 Å². The van der Waals surface area contributed by atoms with E-state index in [1.807, 2.05) is 53.4 Å². The summed E-state index contributed by atoms with van der Waals surface area (Å²) in [4.78, 5) is 19.1. The molecule has 27 heavy (non-hydrogen) atoms. The lowest BCUT2D eigenvalue weighted by Gasteiger charge is -2.28. The summed E-state index contributed by atoms with van der Waals surface area (Å²) in [5.74, 6) is 1.37. The summed E-state index contributed by atoms with van der Waals surface area (Å²) in [5.41, 5.74) is 2.87. The van der Waals surface area contributed by atoms with Gasteiger partial charge in [-0.1, -0.05) is 30.3 Å². The van der Waals surface area contributed by atoms with Gasteiger partial charge in [0.1, 0.15) is 11.8 Å². The summed E-state index contributed by atoms with van der Waals surface area (Å²) in [6, 6.07) is 15.3. The Kier molecular flexibility index (Phi) is 5.07. The number of rotatable bonds is 7. The van der Waals surface area contributed by atoms with Crippen molar-refractivity contribution in [2.24, 2.45) is 4.99 Å². The van der Waals surface area contributed by atoms with E-state index in [2.05, 4.69) is 10.3 Å². The van der Waals surface area contributed by atoms with E-state index in [1.54, 1.807) is 0 Å². The second-order valence-electron chi connectivity index (χ2n) is 6.79. The summed E-state index contributed by atoms with van der Waals surface area (Å²) < 4.78 is 5.83. The molecule has 2 aliphatic heterocycles. The smallest absolute Gasteiger partial charge is 0.254 e. The molecule has 4 rings (SSSR count). The number of ether oxygens (including phenoxy) is 1. The molecule has 0 aromatic heterocycles. The first-order valence-electron chi connectivity index (χ1n) is 9.34. The SMILES string of the molecule is O=C1NC2=Nc3ccc(OCCCCCO)cc3CN2C1c1ccccc1. The van der Waals surface area contributed by atoms with E-state index in [1.165, 1.54) is 0 Å². The lowest BCUT2D eigenvalue weighted by atomic mass is 10.0. The van der Waals surface area contributed by atoms with Gasteiger partial charge in [-0.3, -0.25) is 10.1 Å². The van der Waals surface area contributed by atoms with E-state index in [4.69, 9.17) is 9.84 Å². The number of unbranched alkanes of at least 4 members (excludes halogenated alkanes) is 2. The van der Waals surface area contributed by atoms with E-state index in [0.29, 0.717) is 19.1 Å². The lowest BCUT2D eigenvalue weighted by Crippen LogP contribution is -2.33. The van der Waals surface area contributed by atoms with Crippen molar-refractivity contribution in [3.63, 3.8) is 0 Å². The van der Waals surface area contributed by atoms with Gasteiger partial charge >= 0.3 is 0 Å². The molecule has 1 amide bonds. The highest BCUT2D eigenvalue weighted by Crippen LogP contribution is 2.36. The molecule has 6 nitrogen and oxygen atoms in total. The van der Waals surface area contributed by atoms with Gasteiger partial charge in [0.05, 0.1) is 12.3 Å². The van der Waals surface area contributed by atoms with Gasteiger partial charge < -0.3 is 14.7 Å². The van der Waals surface area contributed by atoms with E-state index in [-0.39, 0.29) is 18.6 Å². The zero-order valence-corrected chi connectivity index (χ0v) is 15.1. The predicted molar refractivity (Wildman–Crippen MR) is 103 cm³/mol. The first-order chi connectivity index (χ1) is 13.3. The fourth-order valence-electron chi connectivity index (χ4n) is 3.50. The molecule has 1 unspecified atom stereocenters. The van der Waals surface area contributed by atoms with Crippen LogP contribution in [0, 0.1) is 0 Å². The maximum Gasteiger partial charge on any atom is 0.254 e. The molecule has 1 atom stereocenters. The number of hydrogen-bond acceptors (Lipinski definition) is 5. The molecule has 0 aliphatic carbocycles. The van der Waals surface area contributed by atoms with Crippen molar-refractivity contribution in [1.29, 1.82) is 0 Å². The van der Waals surface area contributed by atoms with Crippen LogP contribution in [0.15, 0.2) is 53.5 Å². The number of fused-ring (bicyclic) bond motifs is 2. The summed E-state index contributed by atoms with van der Waals surface area (Å²) >= 11 is 0. The van der Waals surface area contributed by atoms with Gasteiger partial charge in [0, 0.05) is 18.7 Å². The quantitative estimate of drug-likeness (QED) is 0.740. The highest BCUT2D eigenvalue weighted by atomic mass is 16.5. The van der Waals surface area contributed by atoms with Crippen LogP contribution in [0.5, 0.6) is 5.75 Å². The molecule has 0 spiro atoms. The fourth-order valence-corrected chi connectivity index (χ4v) is 3.50. The minimum atomic E-state index is -0.360. The van der Waals surface area contributed by atoms with E-state index >= 15 is 0 Å². The van der Waals surface area contributed by atoms with Gasteiger partial charge in [-0.25, -0.2) is 4.99 Å². The number of carbonyl (C=O) groups excluding carboxylic acids is 1. The van der Waals surface area contributed by atoms with Crippen molar-refractivity contribution < 1.29 is 14.6 Å². The van der Waals surface area contributed by atoms with Gasteiger partial charge in [-0.15, -0.1) is 0 Å². The second-order valence-corrected chi connectivity index (χ2v) is 6.79. The Labute approximate surface area is 158 Å². The molecule has 0 radical (unpaired) electrons. The third-order valence-corrected chi connectivity index (χ3v) is 4.87. The molecule has 1 saturated heterocycles. The Morgan fingerprint density at radius 3 is 2.81 bits per heavy atom. The van der Waals surface area contributed by atoms with Gasteiger partial charge in [0.2, 0.25) is 5.96 Å². The van der Waals surface area contributed by atoms with Gasteiger partial charge in [0.15, 0.2) is 0 Å². The maximum absolute atomic E-state index is 12.5. The first-order valence-corrected chi connectivity index (χ1v) is 9.34. The molecule has 2 heterocycles. The minimum Gasteiger partial charge on any atom is -0.494 e. The number of carbonyl (C=O) groups is 1. The van der Waals surface area contributed by atoms with Crippen LogP contribution in [-0.2, 0) is 11.3 Å². The minimum absolute atomic E-state index is 0.0480. The number of benzene rings is 2. The third-order valence-electron chi connectivity index (χ3n) is 4.87. The van der Waals surface area contributed by atoms with Gasteiger partial charge in [0.25, 0.3) is 5.91 Å². The standard InChI is InChI=1S/C21H23N3O3/c25-11-5-2-6-12-27-17-9-10-18-16(13-17)14-24-19(15-7-3-1-4-8-15)20(26)23-21(24)22-18/h1,3-4,7-10,13,19,25H,2,5-6,11-12,14H2,(H,22,23,26). The summed E-state index contributed by atoms with van der Waals surface area (Å²) in [7, 11) is 0. The number of amides is 1. The number of aliphatic imine (C=N–C) groups is 1. The van der Waals surface area contributed by atoms with E-state index in [9.17, 15) is 4.79 Å². The largest absolute Gasteiger partial charge is 0.494 e. The Morgan fingerprint density at radius 1 is 1.15 bits per heavy atom. The topological polar surface area (TPSA) is 74.2 Å². The molecule has 6 heteroatoms. The molecular weight excluding hydrogens is 342 g/mol. The molecule has 140 valence electrons.